The van der Waals surface area contributed by atoms with Crippen LogP contribution in [0, 0.1) is 11.8 Å². The second-order valence-electron chi connectivity index (χ2n) is 13.0. The number of ether oxygens (including phenoxy) is 1. The third kappa shape index (κ3) is 5.78. The van der Waals surface area contributed by atoms with Crippen molar-refractivity contribution < 1.29 is 24.2 Å². The molecule has 47 heavy (non-hydrogen) atoms. The summed E-state index contributed by atoms with van der Waals surface area (Å²) in [6.07, 6.45) is 4.93. The van der Waals surface area contributed by atoms with Gasteiger partial charge in [-0.05, 0) is 69.9 Å². The van der Waals surface area contributed by atoms with E-state index in [0.29, 0.717) is 38.0 Å². The number of aliphatic hydroxyl groups is 1. The van der Waals surface area contributed by atoms with Crippen LogP contribution < -0.4 is 9.80 Å². The van der Waals surface area contributed by atoms with Crippen molar-refractivity contribution in [2.45, 2.75) is 76.8 Å². The van der Waals surface area contributed by atoms with Gasteiger partial charge in [0, 0.05) is 44.1 Å². The van der Waals surface area contributed by atoms with Crippen LogP contribution in [0.25, 0.3) is 0 Å². The van der Waals surface area contributed by atoms with Crippen LogP contribution in [0.15, 0.2) is 79.9 Å². The van der Waals surface area contributed by atoms with Gasteiger partial charge in [-0.15, -0.1) is 13.2 Å². The second-order valence-corrected chi connectivity index (χ2v) is 13.0. The molecule has 2 bridgehead atoms. The van der Waals surface area contributed by atoms with Gasteiger partial charge in [-0.25, -0.2) is 0 Å². The number of carbonyl (C=O) groups is 3. The third-order valence-corrected chi connectivity index (χ3v) is 10.6. The van der Waals surface area contributed by atoms with E-state index in [9.17, 15) is 19.5 Å². The minimum absolute atomic E-state index is 0.171. The minimum atomic E-state index is -1.21. The molecular weight excluding hydrogens is 592 g/mol. The molecule has 0 aliphatic carbocycles. The second kappa shape index (κ2) is 14.0. The van der Waals surface area contributed by atoms with Crippen LogP contribution in [-0.4, -0.2) is 88.7 Å². The number of rotatable bonds is 15. The molecule has 5 rings (SSSR count). The van der Waals surface area contributed by atoms with E-state index in [1.807, 2.05) is 61.5 Å². The number of hydrogen-bond acceptors (Lipinski definition) is 6. The smallest absolute Gasteiger partial charge is 0.253 e. The number of fused-ring (bicyclic) bond motifs is 1. The first kappa shape index (κ1) is 34.4. The van der Waals surface area contributed by atoms with Crippen molar-refractivity contribution in [3.63, 3.8) is 0 Å². The molecule has 1 N–H and O–H groups in total. The van der Waals surface area contributed by atoms with E-state index in [-0.39, 0.29) is 30.9 Å². The highest BCUT2D eigenvalue weighted by Gasteiger charge is 2.79. The van der Waals surface area contributed by atoms with Crippen LogP contribution in [0.1, 0.15) is 52.5 Å². The van der Waals surface area contributed by atoms with Crippen molar-refractivity contribution in [3.8, 4) is 0 Å². The van der Waals surface area contributed by atoms with E-state index in [4.69, 9.17) is 4.74 Å². The standard InChI is InChI=1S/C38H50N4O5/c1-7-23-40(25-28-15-13-12-14-16-28)34(44)31-32-35(45)42(27(6)26-43)33(38(32)22-21-37(31,9-3)47-38)36(46)41(24-8-2)30-19-17-29(18-20-30)39(10-4)11-5/h7-8,12-20,27,31-33,43H,1-2,9-11,21-26H2,3-6H3/t27-,31-,32+,33?,37+,38?/m1/s1. The fourth-order valence-electron chi connectivity index (χ4n) is 8.29. The topological polar surface area (TPSA) is 93.6 Å². The Kier molecular flexibility index (Phi) is 10.3. The molecule has 3 saturated heterocycles. The first-order valence-electron chi connectivity index (χ1n) is 17.0. The largest absolute Gasteiger partial charge is 0.394 e. The number of anilines is 2. The molecule has 9 nitrogen and oxygen atoms in total. The van der Waals surface area contributed by atoms with Gasteiger partial charge >= 0.3 is 0 Å². The van der Waals surface area contributed by atoms with Crippen LogP contribution in [0.4, 0.5) is 11.4 Å². The summed E-state index contributed by atoms with van der Waals surface area (Å²) in [5.41, 5.74) is 0.621. The number of nitrogens with zero attached hydrogens (tertiary/aromatic N) is 4. The quantitative estimate of drug-likeness (QED) is 0.281. The number of hydrogen-bond donors (Lipinski definition) is 1. The SMILES string of the molecule is C=CCN(Cc1ccccc1)C(=O)[C@H]1[C@H]2C(=O)N([C@H](C)CO)C(C(=O)N(CC=C)c3ccc(N(CC)CC)cc3)C23CC[C@]1(CC)O3. The van der Waals surface area contributed by atoms with Gasteiger partial charge in [-0.1, -0.05) is 49.4 Å². The molecule has 3 amide bonds. The van der Waals surface area contributed by atoms with Crippen LogP contribution in [0.2, 0.25) is 0 Å². The fourth-order valence-corrected chi connectivity index (χ4v) is 8.29. The maximum absolute atomic E-state index is 14.9. The average Bonchev–Trinajstić information content (AvgIpc) is 3.71. The maximum atomic E-state index is 14.9. The average molecular weight is 643 g/mol. The molecule has 2 aromatic rings. The van der Waals surface area contributed by atoms with Crippen LogP contribution in [0.5, 0.6) is 0 Å². The Morgan fingerprint density at radius 1 is 0.979 bits per heavy atom. The number of amides is 3. The lowest BCUT2D eigenvalue weighted by Crippen LogP contribution is -2.58. The minimum Gasteiger partial charge on any atom is -0.394 e. The molecule has 3 fully saturated rings. The highest BCUT2D eigenvalue weighted by Crippen LogP contribution is 2.65. The molecular formula is C38H50N4O5. The molecule has 3 aliphatic heterocycles. The molecule has 2 unspecified atom stereocenters. The number of aliphatic hydroxyl groups excluding tert-OH is 1. The maximum Gasteiger partial charge on any atom is 0.253 e. The summed E-state index contributed by atoms with van der Waals surface area (Å²) in [5, 5.41) is 10.4. The van der Waals surface area contributed by atoms with E-state index in [2.05, 4.69) is 31.9 Å². The Labute approximate surface area is 279 Å². The summed E-state index contributed by atoms with van der Waals surface area (Å²) in [4.78, 5) is 51.4. The molecule has 1 spiro atoms. The van der Waals surface area contributed by atoms with Gasteiger partial charge in [0.05, 0.1) is 30.1 Å². The van der Waals surface area contributed by atoms with E-state index < -0.39 is 35.1 Å². The normalized spacial score (nSPS) is 26.5. The Morgan fingerprint density at radius 3 is 2.19 bits per heavy atom. The van der Waals surface area contributed by atoms with Gasteiger partial charge in [0.2, 0.25) is 11.8 Å². The van der Waals surface area contributed by atoms with Gasteiger partial charge in [0.25, 0.3) is 5.91 Å². The zero-order valence-electron chi connectivity index (χ0n) is 28.3. The van der Waals surface area contributed by atoms with Crippen molar-refractivity contribution in [2.75, 3.05) is 42.6 Å². The number of likely N-dealkylation sites (tertiary alicyclic amines) is 1. The lowest BCUT2D eigenvalue weighted by atomic mass is 9.64. The zero-order valence-corrected chi connectivity index (χ0v) is 28.3. The van der Waals surface area contributed by atoms with Gasteiger partial charge in [0.15, 0.2) is 0 Å². The third-order valence-electron chi connectivity index (χ3n) is 10.6. The van der Waals surface area contributed by atoms with E-state index in [1.165, 1.54) is 4.90 Å². The Bertz CT molecular complexity index is 1460. The molecule has 0 saturated carbocycles. The predicted octanol–water partition coefficient (Wildman–Crippen LogP) is 4.80. The number of benzene rings is 2. The lowest BCUT2D eigenvalue weighted by Gasteiger charge is -2.38. The first-order chi connectivity index (χ1) is 22.7. The van der Waals surface area contributed by atoms with Crippen LogP contribution in [0.3, 0.4) is 0 Å². The van der Waals surface area contributed by atoms with Crippen molar-refractivity contribution in [2.24, 2.45) is 11.8 Å². The monoisotopic (exact) mass is 642 g/mol. The highest BCUT2D eigenvalue weighted by molar-refractivity contribution is 6.05. The summed E-state index contributed by atoms with van der Waals surface area (Å²) in [5.74, 6) is -2.42. The van der Waals surface area contributed by atoms with Crippen molar-refractivity contribution in [3.05, 3.63) is 85.5 Å². The zero-order chi connectivity index (χ0) is 33.9. The van der Waals surface area contributed by atoms with Crippen LogP contribution >= 0.6 is 0 Å². The van der Waals surface area contributed by atoms with Gasteiger partial charge in [0.1, 0.15) is 11.6 Å². The molecule has 3 aliphatic rings. The molecule has 2 aromatic carbocycles. The fraction of sp³-hybridized carbons (Fsp3) is 0.500. The van der Waals surface area contributed by atoms with Crippen molar-refractivity contribution in [1.82, 2.24) is 9.80 Å². The summed E-state index contributed by atoms with van der Waals surface area (Å²) >= 11 is 0. The van der Waals surface area contributed by atoms with Crippen molar-refractivity contribution >= 4 is 29.1 Å². The summed E-state index contributed by atoms with van der Waals surface area (Å²) in [6.45, 7) is 18.1. The molecule has 252 valence electrons. The summed E-state index contributed by atoms with van der Waals surface area (Å²) < 4.78 is 7.01. The number of carbonyl (C=O) groups excluding carboxylic acids is 3. The van der Waals surface area contributed by atoms with Crippen LogP contribution in [-0.2, 0) is 25.7 Å². The molecule has 0 aromatic heterocycles. The predicted molar refractivity (Wildman–Crippen MR) is 185 cm³/mol. The first-order valence-corrected chi connectivity index (χ1v) is 17.0. The molecule has 6 atom stereocenters. The molecule has 9 heteroatoms. The van der Waals surface area contributed by atoms with Gasteiger partial charge in [-0.3, -0.25) is 14.4 Å². The molecule has 3 heterocycles. The summed E-state index contributed by atoms with van der Waals surface area (Å²) in [7, 11) is 0. The van der Waals surface area contributed by atoms with E-state index >= 15 is 0 Å². The lowest BCUT2D eigenvalue weighted by molar-refractivity contribution is -0.153. The highest BCUT2D eigenvalue weighted by atomic mass is 16.5. The Balaban J connectivity index is 1.56. The Hall–Kier alpha value is -3.95. The van der Waals surface area contributed by atoms with E-state index in [0.717, 1.165) is 24.3 Å². The van der Waals surface area contributed by atoms with E-state index in [1.54, 1.807) is 28.9 Å². The summed E-state index contributed by atoms with van der Waals surface area (Å²) in [6, 6.07) is 15.9. The van der Waals surface area contributed by atoms with Gasteiger partial charge < -0.3 is 29.4 Å². The van der Waals surface area contributed by atoms with Gasteiger partial charge in [-0.2, -0.15) is 0 Å². The Morgan fingerprint density at radius 2 is 1.62 bits per heavy atom. The molecule has 0 radical (unpaired) electrons. The van der Waals surface area contributed by atoms with Crippen molar-refractivity contribution in [1.29, 1.82) is 0 Å².